The first-order chi connectivity index (χ1) is 10.1. The number of halogens is 2. The molecule has 21 heavy (non-hydrogen) atoms. The lowest BCUT2D eigenvalue weighted by molar-refractivity contribution is 0.627. The van der Waals surface area contributed by atoms with E-state index in [0.29, 0.717) is 0 Å². The van der Waals surface area contributed by atoms with Crippen LogP contribution in [-0.4, -0.2) is 0 Å². The first kappa shape index (κ1) is 13.5. The van der Waals surface area contributed by atoms with Gasteiger partial charge in [0.1, 0.15) is 11.6 Å². The van der Waals surface area contributed by atoms with Gasteiger partial charge < -0.3 is 0 Å². The first-order valence-corrected chi connectivity index (χ1v) is 6.76. The average molecular weight is 280 g/mol. The van der Waals surface area contributed by atoms with Gasteiger partial charge in [0.2, 0.25) is 0 Å². The number of rotatable bonds is 2. The molecule has 2 heteroatoms. The van der Waals surface area contributed by atoms with Crippen molar-refractivity contribution in [3.8, 4) is 22.3 Å². The van der Waals surface area contributed by atoms with Crippen molar-refractivity contribution in [3.63, 3.8) is 0 Å². The monoisotopic (exact) mass is 280 g/mol. The van der Waals surface area contributed by atoms with Gasteiger partial charge >= 0.3 is 0 Å². The molecule has 0 aromatic heterocycles. The van der Waals surface area contributed by atoms with Crippen molar-refractivity contribution >= 4 is 0 Å². The van der Waals surface area contributed by atoms with E-state index in [1.807, 2.05) is 25.1 Å². The first-order valence-electron chi connectivity index (χ1n) is 6.76. The van der Waals surface area contributed by atoms with Crippen molar-refractivity contribution in [2.75, 3.05) is 0 Å². The van der Waals surface area contributed by atoms with E-state index >= 15 is 0 Å². The molecule has 3 rings (SSSR count). The Balaban J connectivity index is 2.10. The Hall–Kier alpha value is -2.48. The Morgan fingerprint density at radius 2 is 0.952 bits per heavy atom. The highest BCUT2D eigenvalue weighted by atomic mass is 19.1. The molecule has 0 heterocycles. The number of benzene rings is 3. The fourth-order valence-electron chi connectivity index (χ4n) is 2.52. The molecular formula is C19H14F2. The zero-order valence-corrected chi connectivity index (χ0v) is 11.6. The molecule has 0 fully saturated rings. The molecule has 3 aromatic carbocycles. The second kappa shape index (κ2) is 5.49. The minimum absolute atomic E-state index is 0.244. The lowest BCUT2D eigenvalue weighted by Crippen LogP contribution is -1.89. The molecule has 3 aromatic rings. The number of hydrogen-bond acceptors (Lipinski definition) is 0. The Morgan fingerprint density at radius 3 is 1.33 bits per heavy atom. The summed E-state index contributed by atoms with van der Waals surface area (Å²) >= 11 is 0. The maximum atomic E-state index is 13.0. The van der Waals surface area contributed by atoms with Crippen LogP contribution in [0.25, 0.3) is 22.3 Å². The van der Waals surface area contributed by atoms with Gasteiger partial charge in [-0.05, 0) is 59.0 Å². The van der Waals surface area contributed by atoms with Crippen LogP contribution in [0.4, 0.5) is 8.78 Å². The van der Waals surface area contributed by atoms with Crippen LogP contribution in [0.15, 0.2) is 66.7 Å². The largest absolute Gasteiger partial charge is 0.207 e. The van der Waals surface area contributed by atoms with Crippen molar-refractivity contribution in [2.24, 2.45) is 0 Å². The summed E-state index contributed by atoms with van der Waals surface area (Å²) in [5, 5.41) is 0. The normalized spacial score (nSPS) is 10.6. The standard InChI is InChI=1S/C19H14F2/c1-13-18(14-5-9-16(20)10-6-14)3-2-4-19(13)15-7-11-17(21)12-8-15/h2-12H,1H3. The average Bonchev–Trinajstić information content (AvgIpc) is 2.50. The molecule has 0 bridgehead atoms. The smallest absolute Gasteiger partial charge is 0.123 e. The van der Waals surface area contributed by atoms with Gasteiger partial charge in [-0.1, -0.05) is 42.5 Å². The Kier molecular flexibility index (Phi) is 3.53. The third-order valence-corrected chi connectivity index (χ3v) is 3.64. The summed E-state index contributed by atoms with van der Waals surface area (Å²) in [5.41, 5.74) is 5.14. The molecule has 104 valence electrons. The van der Waals surface area contributed by atoms with Gasteiger partial charge in [-0.2, -0.15) is 0 Å². The molecule has 0 radical (unpaired) electrons. The lowest BCUT2D eigenvalue weighted by Gasteiger charge is -2.12. The van der Waals surface area contributed by atoms with Crippen LogP contribution in [0.2, 0.25) is 0 Å². The second-order valence-corrected chi connectivity index (χ2v) is 4.99. The summed E-state index contributed by atoms with van der Waals surface area (Å²) < 4.78 is 26.1. The highest BCUT2D eigenvalue weighted by Crippen LogP contribution is 2.31. The van der Waals surface area contributed by atoms with E-state index in [-0.39, 0.29) is 11.6 Å². The molecule has 0 aliphatic rings. The van der Waals surface area contributed by atoms with Crippen LogP contribution in [0.5, 0.6) is 0 Å². The molecule has 0 aliphatic carbocycles. The predicted octanol–water partition coefficient (Wildman–Crippen LogP) is 5.61. The molecule has 0 saturated carbocycles. The van der Waals surface area contributed by atoms with Crippen molar-refractivity contribution in [3.05, 3.63) is 83.9 Å². The topological polar surface area (TPSA) is 0 Å². The highest BCUT2D eigenvalue weighted by Gasteiger charge is 2.08. The maximum absolute atomic E-state index is 13.0. The van der Waals surface area contributed by atoms with Gasteiger partial charge in [-0.15, -0.1) is 0 Å². The molecule has 0 saturated heterocycles. The summed E-state index contributed by atoms with van der Waals surface area (Å²) in [6.07, 6.45) is 0. The van der Waals surface area contributed by atoms with Crippen LogP contribution >= 0.6 is 0 Å². The molecule has 0 amide bonds. The van der Waals surface area contributed by atoms with E-state index in [1.54, 1.807) is 24.3 Å². The fraction of sp³-hybridized carbons (Fsp3) is 0.0526. The van der Waals surface area contributed by atoms with Crippen LogP contribution in [0.1, 0.15) is 5.56 Å². The second-order valence-electron chi connectivity index (χ2n) is 4.99. The summed E-state index contributed by atoms with van der Waals surface area (Å²) in [7, 11) is 0. The van der Waals surface area contributed by atoms with Crippen molar-refractivity contribution in [1.29, 1.82) is 0 Å². The number of hydrogen-bond donors (Lipinski definition) is 0. The van der Waals surface area contributed by atoms with E-state index in [4.69, 9.17) is 0 Å². The van der Waals surface area contributed by atoms with Crippen molar-refractivity contribution in [1.82, 2.24) is 0 Å². The third kappa shape index (κ3) is 2.70. The summed E-state index contributed by atoms with van der Waals surface area (Å²) in [5.74, 6) is -0.489. The van der Waals surface area contributed by atoms with Crippen LogP contribution in [0, 0.1) is 18.6 Å². The van der Waals surface area contributed by atoms with E-state index in [9.17, 15) is 8.78 Å². The molecular weight excluding hydrogens is 266 g/mol. The van der Waals surface area contributed by atoms with E-state index in [0.717, 1.165) is 27.8 Å². The third-order valence-electron chi connectivity index (χ3n) is 3.64. The van der Waals surface area contributed by atoms with Crippen LogP contribution in [-0.2, 0) is 0 Å². The maximum Gasteiger partial charge on any atom is 0.123 e. The summed E-state index contributed by atoms with van der Waals surface area (Å²) in [4.78, 5) is 0. The SMILES string of the molecule is Cc1c(-c2ccc(F)cc2)cccc1-c1ccc(F)cc1. The Bertz CT molecular complexity index is 693. The molecule has 0 aliphatic heterocycles. The van der Waals surface area contributed by atoms with Gasteiger partial charge in [0.05, 0.1) is 0 Å². The molecule has 0 spiro atoms. The van der Waals surface area contributed by atoms with Gasteiger partial charge in [0.25, 0.3) is 0 Å². The van der Waals surface area contributed by atoms with Gasteiger partial charge in [-0.3, -0.25) is 0 Å². The van der Waals surface area contributed by atoms with Crippen molar-refractivity contribution < 1.29 is 8.78 Å². The van der Waals surface area contributed by atoms with Gasteiger partial charge in [-0.25, -0.2) is 8.78 Å². The minimum atomic E-state index is -0.244. The van der Waals surface area contributed by atoms with Crippen LogP contribution < -0.4 is 0 Å². The zero-order chi connectivity index (χ0) is 14.8. The Labute approximate surface area is 122 Å². The van der Waals surface area contributed by atoms with Crippen LogP contribution in [0.3, 0.4) is 0 Å². The summed E-state index contributed by atoms with van der Waals surface area (Å²) in [6.45, 7) is 2.03. The van der Waals surface area contributed by atoms with Gasteiger partial charge in [0.15, 0.2) is 0 Å². The van der Waals surface area contributed by atoms with Gasteiger partial charge in [0, 0.05) is 0 Å². The minimum Gasteiger partial charge on any atom is -0.207 e. The van der Waals surface area contributed by atoms with Crippen molar-refractivity contribution in [2.45, 2.75) is 6.92 Å². The summed E-state index contributed by atoms with van der Waals surface area (Å²) in [6, 6.07) is 18.9. The van der Waals surface area contributed by atoms with E-state index < -0.39 is 0 Å². The molecule has 0 N–H and O–H groups in total. The molecule has 0 nitrogen and oxygen atoms in total. The fourth-order valence-corrected chi connectivity index (χ4v) is 2.52. The predicted molar refractivity (Wildman–Crippen MR) is 82.0 cm³/mol. The van der Waals surface area contributed by atoms with E-state index in [1.165, 1.54) is 24.3 Å². The zero-order valence-electron chi connectivity index (χ0n) is 11.6. The highest BCUT2D eigenvalue weighted by molar-refractivity contribution is 5.78. The molecule has 0 unspecified atom stereocenters. The lowest BCUT2D eigenvalue weighted by atomic mass is 9.93. The molecule has 0 atom stereocenters. The van der Waals surface area contributed by atoms with E-state index in [2.05, 4.69) is 0 Å². The Morgan fingerprint density at radius 1 is 0.571 bits per heavy atom. The quantitative estimate of drug-likeness (QED) is 0.572.